The van der Waals surface area contributed by atoms with Crippen molar-refractivity contribution >= 4 is 5.91 Å². The van der Waals surface area contributed by atoms with E-state index in [2.05, 4.69) is 23.1 Å². The number of carbonyl (C=O) groups excluding carboxylic acids is 1. The summed E-state index contributed by atoms with van der Waals surface area (Å²) < 4.78 is 7.31. The van der Waals surface area contributed by atoms with E-state index in [1.165, 1.54) is 0 Å². The van der Waals surface area contributed by atoms with Crippen LogP contribution >= 0.6 is 0 Å². The number of pyridine rings is 1. The molecule has 6 heteroatoms. The summed E-state index contributed by atoms with van der Waals surface area (Å²) in [5.74, 6) is 0.0976. The first-order chi connectivity index (χ1) is 12.7. The van der Waals surface area contributed by atoms with Crippen molar-refractivity contribution in [2.75, 3.05) is 32.8 Å². The number of rotatable bonds is 4. The zero-order valence-electron chi connectivity index (χ0n) is 15.3. The SMILES string of the molecule is Cn1cccc1C(=O)N1CCC[C@H]1c1cccc(CN2CCOCC2)n1. The summed E-state index contributed by atoms with van der Waals surface area (Å²) in [6.45, 7) is 5.13. The maximum Gasteiger partial charge on any atom is 0.271 e. The fourth-order valence-corrected chi connectivity index (χ4v) is 3.91. The van der Waals surface area contributed by atoms with E-state index in [-0.39, 0.29) is 11.9 Å². The Balaban J connectivity index is 1.51. The lowest BCUT2D eigenvalue weighted by Crippen LogP contribution is -2.36. The Kier molecular flexibility index (Phi) is 5.04. The molecule has 4 heterocycles. The molecular formula is C20H26N4O2. The molecule has 0 saturated carbocycles. The molecule has 1 atom stereocenters. The van der Waals surface area contributed by atoms with Crippen LogP contribution in [0.15, 0.2) is 36.5 Å². The van der Waals surface area contributed by atoms with Crippen molar-refractivity contribution in [3.63, 3.8) is 0 Å². The zero-order chi connectivity index (χ0) is 17.9. The molecule has 0 bridgehead atoms. The minimum absolute atomic E-state index is 0.0713. The summed E-state index contributed by atoms with van der Waals surface area (Å²) in [5.41, 5.74) is 2.82. The topological polar surface area (TPSA) is 50.6 Å². The van der Waals surface area contributed by atoms with Crippen molar-refractivity contribution in [1.82, 2.24) is 19.4 Å². The summed E-state index contributed by atoms with van der Waals surface area (Å²) in [4.78, 5) is 22.2. The van der Waals surface area contributed by atoms with Crippen LogP contribution in [0.25, 0.3) is 0 Å². The van der Waals surface area contributed by atoms with E-state index in [0.29, 0.717) is 0 Å². The maximum atomic E-state index is 13.0. The van der Waals surface area contributed by atoms with Gasteiger partial charge in [-0.25, -0.2) is 0 Å². The van der Waals surface area contributed by atoms with Gasteiger partial charge in [0.05, 0.1) is 30.6 Å². The molecule has 138 valence electrons. The highest BCUT2D eigenvalue weighted by atomic mass is 16.5. The van der Waals surface area contributed by atoms with Gasteiger partial charge in [0.2, 0.25) is 0 Å². The number of nitrogens with zero attached hydrogens (tertiary/aromatic N) is 4. The van der Waals surface area contributed by atoms with Gasteiger partial charge >= 0.3 is 0 Å². The van der Waals surface area contributed by atoms with Crippen LogP contribution in [-0.4, -0.2) is 58.1 Å². The third kappa shape index (κ3) is 3.52. The molecule has 2 aliphatic rings. The molecule has 0 spiro atoms. The largest absolute Gasteiger partial charge is 0.379 e. The standard InChI is InChI=1S/C20H26N4O2/c1-22-9-3-8-19(22)20(25)24-10-4-7-18(24)17-6-2-5-16(21-17)15-23-11-13-26-14-12-23/h2-3,5-6,8-9,18H,4,7,10-15H2,1H3/t18-/m0/s1. The Labute approximate surface area is 154 Å². The minimum atomic E-state index is 0.0713. The van der Waals surface area contributed by atoms with E-state index in [9.17, 15) is 4.79 Å². The lowest BCUT2D eigenvalue weighted by Gasteiger charge is -2.27. The van der Waals surface area contributed by atoms with Crippen molar-refractivity contribution in [1.29, 1.82) is 0 Å². The molecule has 1 amide bonds. The van der Waals surface area contributed by atoms with Gasteiger partial charge in [-0.15, -0.1) is 0 Å². The predicted octanol–water partition coefficient (Wildman–Crippen LogP) is 2.23. The molecule has 0 aromatic carbocycles. The second-order valence-electron chi connectivity index (χ2n) is 7.10. The highest BCUT2D eigenvalue weighted by Crippen LogP contribution is 2.32. The molecule has 2 saturated heterocycles. The van der Waals surface area contributed by atoms with Crippen LogP contribution in [0, 0.1) is 0 Å². The predicted molar refractivity (Wildman–Crippen MR) is 98.8 cm³/mol. The normalized spacial score (nSPS) is 21.3. The maximum absolute atomic E-state index is 13.0. The monoisotopic (exact) mass is 354 g/mol. The van der Waals surface area contributed by atoms with Gasteiger partial charge in [-0.3, -0.25) is 14.7 Å². The van der Waals surface area contributed by atoms with Gasteiger partial charge < -0.3 is 14.2 Å². The van der Waals surface area contributed by atoms with Gasteiger partial charge in [-0.2, -0.15) is 0 Å². The van der Waals surface area contributed by atoms with Gasteiger partial charge in [0.25, 0.3) is 5.91 Å². The first-order valence-electron chi connectivity index (χ1n) is 9.40. The third-order valence-electron chi connectivity index (χ3n) is 5.34. The molecule has 2 aliphatic heterocycles. The van der Waals surface area contributed by atoms with Crippen LogP contribution in [0.3, 0.4) is 0 Å². The first kappa shape index (κ1) is 17.2. The number of aryl methyl sites for hydroxylation is 1. The number of hydrogen-bond donors (Lipinski definition) is 0. The van der Waals surface area contributed by atoms with Gasteiger partial charge in [-0.05, 0) is 37.1 Å². The second-order valence-corrected chi connectivity index (χ2v) is 7.10. The number of amides is 1. The Bertz CT molecular complexity index is 767. The number of carbonyl (C=O) groups is 1. The highest BCUT2D eigenvalue weighted by molar-refractivity contribution is 5.93. The number of ether oxygens (including phenoxy) is 1. The van der Waals surface area contributed by atoms with E-state index in [1.54, 1.807) is 0 Å². The highest BCUT2D eigenvalue weighted by Gasteiger charge is 2.32. The quantitative estimate of drug-likeness (QED) is 0.845. The Morgan fingerprint density at radius 2 is 2.04 bits per heavy atom. The Morgan fingerprint density at radius 3 is 2.81 bits per heavy atom. The van der Waals surface area contributed by atoms with Crippen LogP contribution in [-0.2, 0) is 18.3 Å². The van der Waals surface area contributed by atoms with Crippen LogP contribution in [0.5, 0.6) is 0 Å². The zero-order valence-corrected chi connectivity index (χ0v) is 15.3. The fourth-order valence-electron chi connectivity index (χ4n) is 3.91. The van der Waals surface area contributed by atoms with Gasteiger partial charge in [-0.1, -0.05) is 6.07 Å². The van der Waals surface area contributed by atoms with E-state index >= 15 is 0 Å². The smallest absolute Gasteiger partial charge is 0.271 e. The average molecular weight is 354 g/mol. The summed E-state index contributed by atoms with van der Waals surface area (Å²) in [6, 6.07) is 10.1. The second kappa shape index (κ2) is 7.60. The summed E-state index contributed by atoms with van der Waals surface area (Å²) >= 11 is 0. The van der Waals surface area contributed by atoms with E-state index in [1.807, 2.05) is 34.8 Å². The Morgan fingerprint density at radius 1 is 1.19 bits per heavy atom. The van der Waals surface area contributed by atoms with Crippen molar-refractivity contribution in [2.24, 2.45) is 7.05 Å². The van der Waals surface area contributed by atoms with Gasteiger partial charge in [0, 0.05) is 39.4 Å². The molecule has 0 unspecified atom stereocenters. The van der Waals surface area contributed by atoms with Crippen LogP contribution in [0.1, 0.15) is 40.8 Å². The summed E-state index contributed by atoms with van der Waals surface area (Å²) in [7, 11) is 1.92. The summed E-state index contributed by atoms with van der Waals surface area (Å²) in [6.07, 6.45) is 3.92. The van der Waals surface area contributed by atoms with Crippen molar-refractivity contribution in [3.8, 4) is 0 Å². The molecule has 2 fully saturated rings. The van der Waals surface area contributed by atoms with E-state index < -0.39 is 0 Å². The molecule has 2 aromatic rings. The van der Waals surface area contributed by atoms with Crippen LogP contribution in [0.4, 0.5) is 0 Å². The van der Waals surface area contributed by atoms with Gasteiger partial charge in [0.1, 0.15) is 5.69 Å². The average Bonchev–Trinajstić information content (AvgIpc) is 3.31. The molecule has 6 nitrogen and oxygen atoms in total. The number of hydrogen-bond acceptors (Lipinski definition) is 4. The molecule has 26 heavy (non-hydrogen) atoms. The molecule has 2 aromatic heterocycles. The van der Waals surface area contributed by atoms with Crippen molar-refractivity contribution in [2.45, 2.75) is 25.4 Å². The van der Waals surface area contributed by atoms with E-state index in [0.717, 1.165) is 69.3 Å². The fraction of sp³-hybridized carbons (Fsp3) is 0.500. The van der Waals surface area contributed by atoms with Gasteiger partial charge in [0.15, 0.2) is 0 Å². The molecule has 4 rings (SSSR count). The number of morpholine rings is 1. The van der Waals surface area contributed by atoms with Crippen molar-refractivity contribution in [3.05, 3.63) is 53.6 Å². The lowest BCUT2D eigenvalue weighted by molar-refractivity contribution is 0.0336. The number of aromatic nitrogens is 2. The van der Waals surface area contributed by atoms with Crippen LogP contribution < -0.4 is 0 Å². The lowest BCUT2D eigenvalue weighted by atomic mass is 10.1. The minimum Gasteiger partial charge on any atom is -0.379 e. The molecule has 0 aliphatic carbocycles. The summed E-state index contributed by atoms with van der Waals surface area (Å²) in [5, 5.41) is 0. The van der Waals surface area contributed by atoms with Crippen LogP contribution in [0.2, 0.25) is 0 Å². The van der Waals surface area contributed by atoms with E-state index in [4.69, 9.17) is 9.72 Å². The van der Waals surface area contributed by atoms with Crippen molar-refractivity contribution < 1.29 is 9.53 Å². The third-order valence-corrected chi connectivity index (χ3v) is 5.34. The first-order valence-corrected chi connectivity index (χ1v) is 9.40. The molecular weight excluding hydrogens is 328 g/mol. The molecule has 0 N–H and O–H groups in total. The number of likely N-dealkylation sites (tertiary alicyclic amines) is 1. The molecule has 0 radical (unpaired) electrons. The Hall–Kier alpha value is -2.18.